The van der Waals surface area contributed by atoms with E-state index in [0.717, 1.165) is 0 Å². The molecule has 0 bridgehead atoms. The molecule has 0 aliphatic heterocycles. The van der Waals surface area contributed by atoms with Crippen LogP contribution in [-0.4, -0.2) is 64.8 Å². The molecule has 0 aliphatic rings. The second-order valence-corrected chi connectivity index (χ2v) is 9.06. The number of nitrogens with two attached hydrogens (primary N) is 3. The molecule has 0 rings (SSSR count). The summed E-state index contributed by atoms with van der Waals surface area (Å²) in [5.41, 5.74) is 15.9. The molecular weight excluding hydrogens is 448 g/mol. The Balaban J connectivity index is 5.50. The maximum atomic E-state index is 13.0. The Labute approximate surface area is 198 Å². The molecule has 0 fully saturated rings. The lowest BCUT2D eigenvalue weighted by Gasteiger charge is -2.26. The van der Waals surface area contributed by atoms with Crippen molar-refractivity contribution in [2.75, 3.05) is 0 Å². The smallest absolute Gasteiger partial charge is 0.326 e. The largest absolute Gasteiger partial charge is 0.480 e. The van der Waals surface area contributed by atoms with Crippen LogP contribution in [0.15, 0.2) is 0 Å². The maximum absolute atomic E-state index is 13.0. The van der Waals surface area contributed by atoms with E-state index in [1.807, 2.05) is 13.8 Å². The van der Waals surface area contributed by atoms with Crippen molar-refractivity contribution in [3.05, 3.63) is 0 Å². The number of aliphatic carboxylic acids is 1. The average molecular weight is 487 g/mol. The Bertz CT molecular complexity index is 756. The quantitative estimate of drug-likeness (QED) is 0.129. The minimum absolute atomic E-state index is 0.00596. The average Bonchev–Trinajstić information content (AvgIpc) is 2.68. The van der Waals surface area contributed by atoms with Crippen LogP contribution in [0.2, 0.25) is 0 Å². The molecule has 0 aromatic carbocycles. The lowest BCUT2D eigenvalue weighted by Crippen LogP contribution is -2.57. The molecule has 0 heterocycles. The summed E-state index contributed by atoms with van der Waals surface area (Å²) in [6, 6.07) is -4.77. The zero-order valence-corrected chi connectivity index (χ0v) is 20.1. The Hall–Kier alpha value is -3.22. The molecule has 0 aromatic rings. The van der Waals surface area contributed by atoms with Crippen molar-refractivity contribution in [3.63, 3.8) is 0 Å². The Morgan fingerprint density at radius 1 is 0.706 bits per heavy atom. The number of hydrogen-bond acceptors (Lipinski definition) is 7. The third-order valence-electron chi connectivity index (χ3n) is 4.74. The lowest BCUT2D eigenvalue weighted by molar-refractivity contribution is -0.144. The first-order valence-electron chi connectivity index (χ1n) is 11.1. The highest BCUT2D eigenvalue weighted by molar-refractivity contribution is 5.95. The number of carbonyl (C=O) groups excluding carboxylic acids is 5. The van der Waals surface area contributed by atoms with Gasteiger partial charge in [0.15, 0.2) is 0 Å². The summed E-state index contributed by atoms with van der Waals surface area (Å²) in [5.74, 6) is -5.16. The highest BCUT2D eigenvalue weighted by atomic mass is 16.4. The van der Waals surface area contributed by atoms with Crippen LogP contribution >= 0.6 is 0 Å². The van der Waals surface area contributed by atoms with Gasteiger partial charge >= 0.3 is 5.97 Å². The van der Waals surface area contributed by atoms with Gasteiger partial charge in [0, 0.05) is 6.42 Å². The molecule has 194 valence electrons. The number of rotatable bonds is 16. The van der Waals surface area contributed by atoms with Gasteiger partial charge in [0.25, 0.3) is 0 Å². The highest BCUT2D eigenvalue weighted by Gasteiger charge is 2.31. The molecular formula is C21H38N6O7. The zero-order valence-electron chi connectivity index (χ0n) is 20.1. The van der Waals surface area contributed by atoms with Crippen LogP contribution < -0.4 is 33.2 Å². The fourth-order valence-corrected chi connectivity index (χ4v) is 3.06. The van der Waals surface area contributed by atoms with Gasteiger partial charge in [0.2, 0.25) is 29.5 Å². The first kappa shape index (κ1) is 30.8. The van der Waals surface area contributed by atoms with Gasteiger partial charge in [-0.05, 0) is 31.1 Å². The van der Waals surface area contributed by atoms with Crippen LogP contribution in [0.3, 0.4) is 0 Å². The standard InChI is InChI=1S/C21H38N6O7/c1-10(2)7-13(25-18(30)12(22)5-6-16(23)28)19(31)26-14(8-11(3)4)20(32)27-15(21(33)34)9-17(24)29/h10-15H,5-9,22H2,1-4H3,(H2,23,28)(H2,24,29)(H,25,30)(H,26,31)(H,27,32)(H,33,34). The van der Waals surface area contributed by atoms with Gasteiger partial charge in [0.1, 0.15) is 18.1 Å². The topological polar surface area (TPSA) is 237 Å². The number of carbonyl (C=O) groups is 6. The third kappa shape index (κ3) is 12.7. The maximum Gasteiger partial charge on any atom is 0.326 e. The third-order valence-corrected chi connectivity index (χ3v) is 4.74. The second-order valence-electron chi connectivity index (χ2n) is 9.06. The van der Waals surface area contributed by atoms with Crippen molar-refractivity contribution in [1.29, 1.82) is 0 Å². The van der Waals surface area contributed by atoms with Crippen LogP contribution in [0.25, 0.3) is 0 Å². The van der Waals surface area contributed by atoms with Gasteiger partial charge in [-0.1, -0.05) is 27.7 Å². The van der Waals surface area contributed by atoms with Gasteiger partial charge < -0.3 is 38.3 Å². The molecule has 0 saturated carbocycles. The first-order chi connectivity index (χ1) is 15.6. The molecule has 13 heteroatoms. The van der Waals surface area contributed by atoms with E-state index in [9.17, 15) is 33.9 Å². The summed E-state index contributed by atoms with van der Waals surface area (Å²) in [6.45, 7) is 7.27. The van der Waals surface area contributed by atoms with Gasteiger partial charge in [-0.25, -0.2) is 4.79 Å². The van der Waals surface area contributed by atoms with Crippen molar-refractivity contribution < 1.29 is 33.9 Å². The van der Waals surface area contributed by atoms with E-state index in [1.165, 1.54) is 0 Å². The van der Waals surface area contributed by atoms with E-state index in [-0.39, 0.29) is 37.5 Å². The summed E-state index contributed by atoms with van der Waals surface area (Å²) in [6.07, 6.45) is -0.302. The molecule has 0 aliphatic carbocycles. The number of primary amides is 2. The molecule has 0 radical (unpaired) electrons. The van der Waals surface area contributed by atoms with E-state index in [1.54, 1.807) is 13.8 Å². The summed E-state index contributed by atoms with van der Waals surface area (Å²) in [5, 5.41) is 16.5. The number of carboxylic acids is 1. The summed E-state index contributed by atoms with van der Waals surface area (Å²) >= 11 is 0. The van der Waals surface area contributed by atoms with E-state index in [2.05, 4.69) is 16.0 Å². The molecule has 34 heavy (non-hydrogen) atoms. The van der Waals surface area contributed by atoms with Crippen molar-refractivity contribution >= 4 is 35.5 Å². The van der Waals surface area contributed by atoms with Gasteiger partial charge in [-0.15, -0.1) is 0 Å². The second kappa shape index (κ2) is 14.8. The molecule has 10 N–H and O–H groups in total. The number of carboxylic acid groups (broad SMARTS) is 1. The molecule has 4 atom stereocenters. The van der Waals surface area contributed by atoms with Crippen LogP contribution in [0, 0.1) is 11.8 Å². The van der Waals surface area contributed by atoms with Crippen molar-refractivity contribution in [2.45, 2.75) is 84.0 Å². The number of nitrogens with one attached hydrogen (secondary N) is 3. The van der Waals surface area contributed by atoms with Crippen molar-refractivity contribution in [1.82, 2.24) is 16.0 Å². The van der Waals surface area contributed by atoms with Crippen molar-refractivity contribution in [2.24, 2.45) is 29.0 Å². The normalized spacial score (nSPS) is 14.6. The van der Waals surface area contributed by atoms with Crippen LogP contribution in [0.5, 0.6) is 0 Å². The summed E-state index contributed by atoms with van der Waals surface area (Å²) < 4.78 is 0. The fourth-order valence-electron chi connectivity index (χ4n) is 3.06. The molecule has 0 saturated heterocycles. The summed E-state index contributed by atoms with van der Waals surface area (Å²) in [4.78, 5) is 71.5. The van der Waals surface area contributed by atoms with Gasteiger partial charge in [0.05, 0.1) is 12.5 Å². The molecule has 0 aromatic heterocycles. The Morgan fingerprint density at radius 2 is 1.12 bits per heavy atom. The van der Waals surface area contributed by atoms with Gasteiger partial charge in [-0.3, -0.25) is 24.0 Å². The lowest BCUT2D eigenvalue weighted by atomic mass is 9.99. The number of hydrogen-bond donors (Lipinski definition) is 7. The predicted molar refractivity (Wildman–Crippen MR) is 123 cm³/mol. The highest BCUT2D eigenvalue weighted by Crippen LogP contribution is 2.10. The van der Waals surface area contributed by atoms with Crippen LogP contribution in [-0.2, 0) is 28.8 Å². The molecule has 4 unspecified atom stereocenters. The molecule has 5 amide bonds. The van der Waals surface area contributed by atoms with E-state index < -0.39 is 66.1 Å². The van der Waals surface area contributed by atoms with Crippen LogP contribution in [0.4, 0.5) is 0 Å². The fraction of sp³-hybridized carbons (Fsp3) is 0.714. The van der Waals surface area contributed by atoms with E-state index >= 15 is 0 Å². The minimum atomic E-state index is -1.55. The molecule has 13 nitrogen and oxygen atoms in total. The number of amides is 5. The minimum Gasteiger partial charge on any atom is -0.480 e. The van der Waals surface area contributed by atoms with E-state index in [0.29, 0.717) is 0 Å². The van der Waals surface area contributed by atoms with Crippen molar-refractivity contribution in [3.8, 4) is 0 Å². The first-order valence-corrected chi connectivity index (χ1v) is 11.1. The zero-order chi connectivity index (χ0) is 26.6. The van der Waals surface area contributed by atoms with Gasteiger partial charge in [-0.2, -0.15) is 0 Å². The monoisotopic (exact) mass is 486 g/mol. The Morgan fingerprint density at radius 3 is 1.47 bits per heavy atom. The predicted octanol–water partition coefficient (Wildman–Crippen LogP) is -1.91. The SMILES string of the molecule is CC(C)CC(NC(=O)C(N)CCC(N)=O)C(=O)NC(CC(C)C)C(=O)NC(CC(N)=O)C(=O)O. The van der Waals surface area contributed by atoms with Crippen LogP contribution in [0.1, 0.15) is 59.8 Å². The Kier molecular flexibility index (Phi) is 13.4. The van der Waals surface area contributed by atoms with E-state index in [4.69, 9.17) is 17.2 Å². The summed E-state index contributed by atoms with van der Waals surface area (Å²) in [7, 11) is 0. The molecule has 0 spiro atoms.